The second kappa shape index (κ2) is 17.7. The second-order valence-corrected chi connectivity index (χ2v) is 6.25. The Kier molecular flexibility index (Phi) is 14.6. The summed E-state index contributed by atoms with van der Waals surface area (Å²) in [4.78, 5) is 11.9. The number of rotatable bonds is 3. The number of aryl methyl sites for hydroxylation is 3. The van der Waals surface area contributed by atoms with Crippen molar-refractivity contribution in [2.24, 2.45) is 0 Å². The molecule has 0 N–H and O–H groups in total. The zero-order valence-electron chi connectivity index (χ0n) is 18.4. The van der Waals surface area contributed by atoms with E-state index in [-0.39, 0.29) is 0 Å². The molecule has 3 aromatic heterocycles. The van der Waals surface area contributed by atoms with Crippen LogP contribution >= 0.6 is 0 Å². The van der Waals surface area contributed by atoms with Crippen LogP contribution in [0.1, 0.15) is 37.6 Å². The average Bonchev–Trinajstić information content (AvgIpc) is 2.87. The van der Waals surface area contributed by atoms with Crippen LogP contribution in [0.15, 0.2) is 110 Å². The predicted octanol–water partition coefficient (Wildman–Crippen LogP) is 6.62. The van der Waals surface area contributed by atoms with Crippen LogP contribution in [0.4, 0.5) is 0 Å². The van der Waals surface area contributed by atoms with E-state index < -0.39 is 0 Å². The van der Waals surface area contributed by atoms with Gasteiger partial charge in [0.25, 0.3) is 0 Å². The summed E-state index contributed by atoms with van der Waals surface area (Å²) >= 11 is 0. The first-order valence-corrected chi connectivity index (χ1v) is 10.5. The van der Waals surface area contributed by atoms with Gasteiger partial charge in [-0.05, 0) is 60.7 Å². The molecule has 3 heterocycles. The van der Waals surface area contributed by atoms with Gasteiger partial charge in [0.1, 0.15) is 0 Å². The highest BCUT2D eigenvalue weighted by Crippen LogP contribution is 1.95. The van der Waals surface area contributed by atoms with Gasteiger partial charge >= 0.3 is 0 Å². The SMILES string of the molecule is CCc1ccccn1.CCc1cccnc1.CCc1ccncc1.c1ccccc1. The quantitative estimate of drug-likeness (QED) is 0.388. The van der Waals surface area contributed by atoms with Crippen molar-refractivity contribution in [3.8, 4) is 0 Å². The first-order valence-electron chi connectivity index (χ1n) is 10.5. The molecule has 0 saturated heterocycles. The van der Waals surface area contributed by atoms with Crippen LogP contribution in [-0.2, 0) is 19.3 Å². The van der Waals surface area contributed by atoms with Crippen molar-refractivity contribution >= 4 is 0 Å². The van der Waals surface area contributed by atoms with Gasteiger partial charge in [-0.25, -0.2) is 0 Å². The maximum Gasteiger partial charge on any atom is 0.0400 e. The van der Waals surface area contributed by atoms with Gasteiger partial charge in [0.15, 0.2) is 0 Å². The summed E-state index contributed by atoms with van der Waals surface area (Å²) in [5, 5.41) is 0. The lowest BCUT2D eigenvalue weighted by atomic mass is 10.2. The molecule has 4 aromatic rings. The minimum absolute atomic E-state index is 1.03. The Morgan fingerprint density at radius 3 is 1.47 bits per heavy atom. The van der Waals surface area contributed by atoms with Crippen LogP contribution in [0.25, 0.3) is 0 Å². The third-order valence-electron chi connectivity index (χ3n) is 4.04. The van der Waals surface area contributed by atoms with Gasteiger partial charge in [-0.3, -0.25) is 15.0 Å². The van der Waals surface area contributed by atoms with Crippen molar-refractivity contribution < 1.29 is 0 Å². The van der Waals surface area contributed by atoms with Crippen LogP contribution in [-0.4, -0.2) is 15.0 Å². The van der Waals surface area contributed by atoms with Crippen LogP contribution < -0.4 is 0 Å². The van der Waals surface area contributed by atoms with Gasteiger partial charge in [-0.1, -0.05) is 69.3 Å². The molecule has 1 aromatic carbocycles. The molecule has 0 aliphatic rings. The van der Waals surface area contributed by atoms with Crippen molar-refractivity contribution in [1.82, 2.24) is 15.0 Å². The fourth-order valence-corrected chi connectivity index (χ4v) is 2.22. The largest absolute Gasteiger partial charge is 0.265 e. The Labute approximate surface area is 181 Å². The van der Waals surface area contributed by atoms with Crippen molar-refractivity contribution in [3.63, 3.8) is 0 Å². The van der Waals surface area contributed by atoms with Crippen LogP contribution in [0, 0.1) is 0 Å². The first-order chi connectivity index (χ1) is 14.8. The minimum Gasteiger partial charge on any atom is -0.265 e. The Balaban J connectivity index is 0.000000201. The van der Waals surface area contributed by atoms with Crippen LogP contribution in [0.3, 0.4) is 0 Å². The molecule has 0 bridgehead atoms. The second-order valence-electron chi connectivity index (χ2n) is 6.25. The molecule has 4 rings (SSSR count). The molecule has 0 aliphatic carbocycles. The first kappa shape index (κ1) is 24.7. The summed E-state index contributed by atoms with van der Waals surface area (Å²) in [5.74, 6) is 0. The van der Waals surface area contributed by atoms with E-state index in [0.29, 0.717) is 0 Å². The average molecular weight is 400 g/mol. The van der Waals surface area contributed by atoms with E-state index in [1.54, 1.807) is 6.20 Å². The normalized spacial score (nSPS) is 8.90. The van der Waals surface area contributed by atoms with E-state index in [2.05, 4.69) is 41.8 Å². The van der Waals surface area contributed by atoms with Gasteiger partial charge in [0.2, 0.25) is 0 Å². The lowest BCUT2D eigenvalue weighted by Gasteiger charge is -1.89. The van der Waals surface area contributed by atoms with Gasteiger partial charge < -0.3 is 0 Å². The van der Waals surface area contributed by atoms with E-state index in [1.165, 1.54) is 11.1 Å². The smallest absolute Gasteiger partial charge is 0.0400 e. The molecule has 30 heavy (non-hydrogen) atoms. The topological polar surface area (TPSA) is 38.7 Å². The van der Waals surface area contributed by atoms with E-state index in [0.717, 1.165) is 25.0 Å². The predicted molar refractivity (Wildman–Crippen MR) is 127 cm³/mol. The summed E-state index contributed by atoms with van der Waals surface area (Å²) in [5.41, 5.74) is 3.81. The van der Waals surface area contributed by atoms with Gasteiger partial charge in [-0.15, -0.1) is 0 Å². The monoisotopic (exact) mass is 399 g/mol. The number of benzene rings is 1. The highest BCUT2D eigenvalue weighted by molar-refractivity contribution is 5.08. The molecule has 0 aliphatic heterocycles. The molecule has 0 atom stereocenters. The number of hydrogen-bond donors (Lipinski definition) is 0. The van der Waals surface area contributed by atoms with Crippen molar-refractivity contribution in [3.05, 3.63) is 127 Å². The summed E-state index contributed by atoms with van der Waals surface area (Å²) in [7, 11) is 0. The Morgan fingerprint density at radius 1 is 0.500 bits per heavy atom. The Bertz CT molecular complexity index is 715. The molecule has 0 amide bonds. The molecule has 3 nitrogen and oxygen atoms in total. The van der Waals surface area contributed by atoms with Crippen LogP contribution in [0.5, 0.6) is 0 Å². The molecule has 156 valence electrons. The van der Waals surface area contributed by atoms with Crippen LogP contribution in [0.2, 0.25) is 0 Å². The molecule has 0 unspecified atom stereocenters. The Hall–Kier alpha value is -3.33. The summed E-state index contributed by atoms with van der Waals surface area (Å²) in [6.07, 6.45) is 12.3. The zero-order chi connectivity index (χ0) is 21.7. The standard InChI is InChI=1S/3C7H9N.C6H6/c1-2-7-3-5-8-6-4-7;1-2-7-4-3-5-8-6-7;1-2-7-5-3-4-6-8-7;1-2-4-6-5-3-1/h3*3-6H,2H2,1H3;1-6H. The Morgan fingerprint density at radius 2 is 1.13 bits per heavy atom. The van der Waals surface area contributed by atoms with Gasteiger partial charge in [0.05, 0.1) is 0 Å². The number of aromatic nitrogens is 3. The maximum absolute atomic E-state index is 4.10. The van der Waals surface area contributed by atoms with E-state index in [4.69, 9.17) is 0 Å². The van der Waals surface area contributed by atoms with E-state index in [9.17, 15) is 0 Å². The van der Waals surface area contributed by atoms with Crippen molar-refractivity contribution in [2.45, 2.75) is 40.0 Å². The number of nitrogens with zero attached hydrogens (tertiary/aromatic N) is 3. The van der Waals surface area contributed by atoms with Gasteiger partial charge in [-0.2, -0.15) is 0 Å². The molecule has 3 heteroatoms. The lowest BCUT2D eigenvalue weighted by Crippen LogP contribution is -1.81. The molecular formula is C27H33N3. The molecular weight excluding hydrogens is 366 g/mol. The third kappa shape index (κ3) is 12.9. The zero-order valence-corrected chi connectivity index (χ0v) is 18.4. The van der Waals surface area contributed by atoms with Crippen molar-refractivity contribution in [2.75, 3.05) is 0 Å². The van der Waals surface area contributed by atoms with E-state index >= 15 is 0 Å². The maximum atomic E-state index is 4.10. The summed E-state index contributed by atoms with van der Waals surface area (Å²) < 4.78 is 0. The minimum atomic E-state index is 1.03. The van der Waals surface area contributed by atoms with Crippen molar-refractivity contribution in [1.29, 1.82) is 0 Å². The summed E-state index contributed by atoms with van der Waals surface area (Å²) in [6, 6.07) is 26.1. The molecule has 0 radical (unpaired) electrons. The lowest BCUT2D eigenvalue weighted by molar-refractivity contribution is 1.04. The fourth-order valence-electron chi connectivity index (χ4n) is 2.22. The number of pyridine rings is 3. The fraction of sp³-hybridized carbons (Fsp3) is 0.222. The van der Waals surface area contributed by atoms with Gasteiger partial charge in [0, 0.05) is 36.7 Å². The molecule has 0 spiro atoms. The molecule has 0 saturated carbocycles. The third-order valence-corrected chi connectivity index (χ3v) is 4.04. The van der Waals surface area contributed by atoms with E-state index in [1.807, 2.05) is 97.6 Å². The highest BCUT2D eigenvalue weighted by Gasteiger charge is 1.82. The summed E-state index contributed by atoms with van der Waals surface area (Å²) in [6.45, 7) is 6.36. The molecule has 0 fully saturated rings. The highest BCUT2D eigenvalue weighted by atomic mass is 14.7. The number of hydrogen-bond acceptors (Lipinski definition) is 3.